The SMILES string of the molecule is CCCCCCCCCCCCC(CCCCCCCC(=O)O)OC(=O)CCCCCC. The van der Waals surface area contributed by atoms with Gasteiger partial charge in [-0.1, -0.05) is 110 Å². The second-order valence-corrected chi connectivity index (χ2v) is 9.59. The van der Waals surface area contributed by atoms with Gasteiger partial charge in [-0.05, 0) is 38.5 Å². The Morgan fingerprint density at radius 3 is 1.41 bits per heavy atom. The highest BCUT2D eigenvalue weighted by atomic mass is 16.5. The lowest BCUT2D eigenvalue weighted by atomic mass is 10.0. The molecule has 0 radical (unpaired) electrons. The topological polar surface area (TPSA) is 63.6 Å². The maximum absolute atomic E-state index is 12.3. The molecule has 0 saturated heterocycles. The van der Waals surface area contributed by atoms with Gasteiger partial charge in [0.05, 0.1) is 0 Å². The van der Waals surface area contributed by atoms with E-state index in [1.54, 1.807) is 0 Å². The summed E-state index contributed by atoms with van der Waals surface area (Å²) in [6, 6.07) is 0. The number of aliphatic carboxylic acids is 1. The first-order chi connectivity index (χ1) is 15.6. The van der Waals surface area contributed by atoms with Crippen LogP contribution in [0.4, 0.5) is 0 Å². The Morgan fingerprint density at radius 1 is 0.562 bits per heavy atom. The number of esters is 1. The molecule has 0 aliphatic carbocycles. The summed E-state index contributed by atoms with van der Waals surface area (Å²) in [6.45, 7) is 4.45. The summed E-state index contributed by atoms with van der Waals surface area (Å²) in [4.78, 5) is 22.8. The number of hydrogen-bond donors (Lipinski definition) is 1. The Labute approximate surface area is 199 Å². The normalized spacial score (nSPS) is 12.1. The van der Waals surface area contributed by atoms with Crippen molar-refractivity contribution in [3.05, 3.63) is 0 Å². The maximum atomic E-state index is 12.3. The van der Waals surface area contributed by atoms with Crippen LogP contribution < -0.4 is 0 Å². The molecule has 0 aliphatic rings. The molecule has 32 heavy (non-hydrogen) atoms. The number of carboxylic acids is 1. The third kappa shape index (κ3) is 23.6. The van der Waals surface area contributed by atoms with Gasteiger partial charge in [0.25, 0.3) is 0 Å². The Bertz CT molecular complexity index is 422. The van der Waals surface area contributed by atoms with E-state index >= 15 is 0 Å². The zero-order valence-corrected chi connectivity index (χ0v) is 21.5. The van der Waals surface area contributed by atoms with E-state index in [2.05, 4.69) is 13.8 Å². The van der Waals surface area contributed by atoms with Gasteiger partial charge >= 0.3 is 11.9 Å². The van der Waals surface area contributed by atoms with Crippen molar-refractivity contribution in [1.82, 2.24) is 0 Å². The molecule has 1 N–H and O–H groups in total. The van der Waals surface area contributed by atoms with Crippen molar-refractivity contribution in [2.45, 2.75) is 168 Å². The Kier molecular flexibility index (Phi) is 23.8. The largest absolute Gasteiger partial charge is 0.481 e. The van der Waals surface area contributed by atoms with Crippen LogP contribution in [0.5, 0.6) is 0 Å². The fraction of sp³-hybridized carbons (Fsp3) is 0.929. The highest BCUT2D eigenvalue weighted by Crippen LogP contribution is 2.18. The maximum Gasteiger partial charge on any atom is 0.306 e. The van der Waals surface area contributed by atoms with Crippen molar-refractivity contribution >= 4 is 11.9 Å². The van der Waals surface area contributed by atoms with Gasteiger partial charge in [0, 0.05) is 12.8 Å². The average Bonchev–Trinajstić information content (AvgIpc) is 2.76. The molecule has 0 spiro atoms. The van der Waals surface area contributed by atoms with Crippen LogP contribution in [-0.4, -0.2) is 23.1 Å². The zero-order valence-electron chi connectivity index (χ0n) is 21.5. The van der Waals surface area contributed by atoms with Crippen molar-refractivity contribution in [2.75, 3.05) is 0 Å². The summed E-state index contributed by atoms with van der Waals surface area (Å²) in [5.74, 6) is -0.716. The van der Waals surface area contributed by atoms with Crippen molar-refractivity contribution in [1.29, 1.82) is 0 Å². The van der Waals surface area contributed by atoms with E-state index < -0.39 is 5.97 Å². The van der Waals surface area contributed by atoms with Gasteiger partial charge < -0.3 is 9.84 Å². The lowest BCUT2D eigenvalue weighted by Gasteiger charge is -2.18. The van der Waals surface area contributed by atoms with Gasteiger partial charge in [-0.3, -0.25) is 9.59 Å². The quantitative estimate of drug-likeness (QED) is 0.110. The molecule has 190 valence electrons. The Balaban J connectivity index is 4.00. The fourth-order valence-corrected chi connectivity index (χ4v) is 4.24. The van der Waals surface area contributed by atoms with Gasteiger partial charge in [0.2, 0.25) is 0 Å². The molecule has 1 unspecified atom stereocenters. The number of rotatable bonds is 25. The molecule has 4 nitrogen and oxygen atoms in total. The van der Waals surface area contributed by atoms with E-state index in [9.17, 15) is 9.59 Å². The molecule has 0 saturated carbocycles. The second-order valence-electron chi connectivity index (χ2n) is 9.59. The predicted molar refractivity (Wildman–Crippen MR) is 135 cm³/mol. The molecule has 4 heteroatoms. The first-order valence-electron chi connectivity index (χ1n) is 14.0. The monoisotopic (exact) mass is 454 g/mol. The van der Waals surface area contributed by atoms with Gasteiger partial charge in [-0.15, -0.1) is 0 Å². The lowest BCUT2D eigenvalue weighted by molar-refractivity contribution is -0.150. The fourth-order valence-electron chi connectivity index (χ4n) is 4.24. The molecule has 0 aromatic rings. The average molecular weight is 455 g/mol. The van der Waals surface area contributed by atoms with Crippen LogP contribution in [0.3, 0.4) is 0 Å². The molecular weight excluding hydrogens is 400 g/mol. The number of carbonyl (C=O) groups is 2. The molecule has 0 aromatic heterocycles. The molecule has 0 aromatic carbocycles. The van der Waals surface area contributed by atoms with E-state index in [1.807, 2.05) is 0 Å². The van der Waals surface area contributed by atoms with Gasteiger partial charge in [-0.25, -0.2) is 0 Å². The minimum atomic E-state index is -0.701. The van der Waals surface area contributed by atoms with Crippen LogP contribution in [0.1, 0.15) is 162 Å². The van der Waals surface area contributed by atoms with E-state index in [0.29, 0.717) is 6.42 Å². The molecule has 0 amide bonds. The third-order valence-electron chi connectivity index (χ3n) is 6.33. The number of ether oxygens (including phenoxy) is 1. The second kappa shape index (κ2) is 24.6. The van der Waals surface area contributed by atoms with Gasteiger partial charge in [-0.2, -0.15) is 0 Å². The smallest absolute Gasteiger partial charge is 0.306 e. The molecule has 0 heterocycles. The van der Waals surface area contributed by atoms with Crippen LogP contribution in [0.15, 0.2) is 0 Å². The van der Waals surface area contributed by atoms with Gasteiger partial charge in [0.1, 0.15) is 6.10 Å². The highest BCUT2D eigenvalue weighted by molar-refractivity contribution is 5.69. The molecule has 0 aliphatic heterocycles. The summed E-state index contributed by atoms with van der Waals surface area (Å²) in [6.07, 6.45) is 25.5. The number of unbranched alkanes of at least 4 members (excludes halogenated alkanes) is 16. The predicted octanol–water partition coefficient (Wildman–Crippen LogP) is 8.99. The van der Waals surface area contributed by atoms with Crippen molar-refractivity contribution in [3.63, 3.8) is 0 Å². The van der Waals surface area contributed by atoms with Crippen molar-refractivity contribution < 1.29 is 19.4 Å². The Morgan fingerprint density at radius 2 is 0.938 bits per heavy atom. The minimum absolute atomic E-state index is 0.0142. The summed E-state index contributed by atoms with van der Waals surface area (Å²) in [5.41, 5.74) is 0. The van der Waals surface area contributed by atoms with Gasteiger partial charge in [0.15, 0.2) is 0 Å². The summed E-state index contributed by atoms with van der Waals surface area (Å²) >= 11 is 0. The standard InChI is InChI=1S/C28H54O4/c1-3-5-7-9-10-11-12-13-15-18-22-26(32-28(31)25-21-8-6-4-2)23-19-16-14-17-20-24-27(29)30/h26H,3-25H2,1-2H3,(H,29,30). The van der Waals surface area contributed by atoms with Crippen LogP contribution in [0, 0.1) is 0 Å². The van der Waals surface area contributed by atoms with Crippen LogP contribution >= 0.6 is 0 Å². The first-order valence-corrected chi connectivity index (χ1v) is 14.0. The highest BCUT2D eigenvalue weighted by Gasteiger charge is 2.14. The van der Waals surface area contributed by atoms with E-state index in [0.717, 1.165) is 64.2 Å². The van der Waals surface area contributed by atoms with E-state index in [4.69, 9.17) is 9.84 Å². The van der Waals surface area contributed by atoms with E-state index in [1.165, 1.54) is 70.6 Å². The molecule has 0 bridgehead atoms. The number of hydrogen-bond acceptors (Lipinski definition) is 3. The lowest BCUT2D eigenvalue weighted by Crippen LogP contribution is -2.18. The van der Waals surface area contributed by atoms with Crippen LogP contribution in [0.2, 0.25) is 0 Å². The molecule has 1 atom stereocenters. The molecule has 0 rings (SSSR count). The van der Waals surface area contributed by atoms with Crippen molar-refractivity contribution in [2.24, 2.45) is 0 Å². The van der Waals surface area contributed by atoms with E-state index in [-0.39, 0.29) is 18.5 Å². The first kappa shape index (κ1) is 30.9. The summed E-state index contributed by atoms with van der Waals surface area (Å²) in [7, 11) is 0. The van der Waals surface area contributed by atoms with Crippen LogP contribution in [-0.2, 0) is 14.3 Å². The number of carboxylic acid groups (broad SMARTS) is 1. The zero-order chi connectivity index (χ0) is 23.7. The number of carbonyl (C=O) groups excluding carboxylic acids is 1. The van der Waals surface area contributed by atoms with Crippen molar-refractivity contribution in [3.8, 4) is 0 Å². The van der Waals surface area contributed by atoms with Crippen LogP contribution in [0.25, 0.3) is 0 Å². The minimum Gasteiger partial charge on any atom is -0.481 e. The summed E-state index contributed by atoms with van der Waals surface area (Å²) in [5, 5.41) is 8.71. The molecular formula is C28H54O4. The third-order valence-corrected chi connectivity index (χ3v) is 6.33. The Hall–Kier alpha value is -1.06. The summed E-state index contributed by atoms with van der Waals surface area (Å²) < 4.78 is 5.86. The molecule has 0 fully saturated rings.